The van der Waals surface area contributed by atoms with Crippen molar-refractivity contribution in [2.75, 3.05) is 50.3 Å². The number of aryl methyl sites for hydroxylation is 1. The number of benzene rings is 1. The summed E-state index contributed by atoms with van der Waals surface area (Å²) in [6, 6.07) is 4.92. The molecule has 6 rings (SSSR count). The number of hydrogen-bond acceptors (Lipinski definition) is 6. The van der Waals surface area contributed by atoms with E-state index < -0.39 is 6.04 Å². The Bertz CT molecular complexity index is 1380. The van der Waals surface area contributed by atoms with Gasteiger partial charge in [-0.3, -0.25) is 10.1 Å². The molecule has 0 aliphatic carbocycles. The molecule has 1 aromatic heterocycles. The zero-order valence-electron chi connectivity index (χ0n) is 26.2. The van der Waals surface area contributed by atoms with Crippen LogP contribution < -0.4 is 21.7 Å². The lowest BCUT2D eigenvalue weighted by molar-refractivity contribution is -0.135. The number of nitrogens with zero attached hydrogens (tertiary/aromatic N) is 3. The Morgan fingerprint density at radius 2 is 1.73 bits per heavy atom. The number of rotatable bonds is 7. The summed E-state index contributed by atoms with van der Waals surface area (Å²) < 4.78 is 0. The van der Waals surface area contributed by atoms with Crippen molar-refractivity contribution in [3.63, 3.8) is 0 Å². The van der Waals surface area contributed by atoms with E-state index in [1.54, 1.807) is 16.2 Å². The number of carbonyl (C=O) groups is 3. The molecule has 0 radical (unpaired) electrons. The number of carbonyl (C=O) groups excluding carboxylic acids is 3. The minimum absolute atomic E-state index is 0.0375. The minimum Gasteiger partial charge on any atom is -0.397 e. The second-order valence-electron chi connectivity index (χ2n) is 13.0. The van der Waals surface area contributed by atoms with Gasteiger partial charge in [0.25, 0.3) is 0 Å². The van der Waals surface area contributed by atoms with E-state index >= 15 is 0 Å². The van der Waals surface area contributed by atoms with Crippen LogP contribution in [0.5, 0.6) is 0 Å². The summed E-state index contributed by atoms with van der Waals surface area (Å²) >= 11 is 8.03. The van der Waals surface area contributed by atoms with Crippen LogP contribution in [0.15, 0.2) is 23.6 Å². The van der Waals surface area contributed by atoms with Gasteiger partial charge in [0, 0.05) is 44.2 Å². The second kappa shape index (κ2) is 14.2. The Kier molecular flexibility index (Phi) is 10.1. The predicted molar refractivity (Wildman–Crippen MR) is 180 cm³/mol. The molecule has 5 heterocycles. The molecule has 0 unspecified atom stereocenters. The first kappa shape index (κ1) is 31.9. The fourth-order valence-corrected chi connectivity index (χ4v) is 8.68. The molecule has 1 atom stereocenters. The van der Waals surface area contributed by atoms with Crippen LogP contribution in [0.4, 0.5) is 20.3 Å². The molecule has 5 N–H and O–H groups in total. The maximum Gasteiger partial charge on any atom is 0.323 e. The van der Waals surface area contributed by atoms with Gasteiger partial charge < -0.3 is 31.1 Å². The van der Waals surface area contributed by atoms with E-state index in [9.17, 15) is 14.4 Å². The fourth-order valence-electron chi connectivity index (χ4n) is 7.62. The van der Waals surface area contributed by atoms with Gasteiger partial charge in [0.05, 0.1) is 17.3 Å². The van der Waals surface area contributed by atoms with Gasteiger partial charge in [-0.15, -0.1) is 11.3 Å². The van der Waals surface area contributed by atoms with Gasteiger partial charge in [-0.1, -0.05) is 24.6 Å². The SMILES string of the molecule is CCc1cc(C[C@@H](NC(=O)N2CCC(N3Cc4ccsc4NC3=O)CC2)C(=O)N2CCC(C3CCNCC3)CC2)cc(Cl)c1N. The van der Waals surface area contributed by atoms with Crippen LogP contribution in [0.3, 0.4) is 0 Å². The lowest BCUT2D eigenvalue weighted by atomic mass is 9.79. The van der Waals surface area contributed by atoms with Gasteiger partial charge in [0.15, 0.2) is 0 Å². The molecule has 3 fully saturated rings. The largest absolute Gasteiger partial charge is 0.397 e. The standard InChI is InChI=1S/C33H46ClN7O3S/c1-2-22-17-21(18-27(34)29(22)35)19-28(31(42)39-12-5-24(6-13-39)23-3-10-36-11-4-23)37-32(43)40-14-7-26(8-15-40)41-20-25-9-16-45-30(25)38-33(41)44/h9,16-18,23-24,26,28,36H,2-8,10-15,19-20,35H2,1H3,(H,37,43)(H,38,44)/t28-/m1/s1. The Balaban J connectivity index is 1.10. The molecule has 4 aliphatic rings. The highest BCUT2D eigenvalue weighted by atomic mass is 35.5. The van der Waals surface area contributed by atoms with Crippen molar-refractivity contribution < 1.29 is 14.4 Å². The lowest BCUT2D eigenvalue weighted by Gasteiger charge is -2.41. The number of nitrogens with one attached hydrogen (secondary N) is 3. The lowest BCUT2D eigenvalue weighted by Crippen LogP contribution is -2.57. The summed E-state index contributed by atoms with van der Waals surface area (Å²) in [4.78, 5) is 46.1. The smallest absolute Gasteiger partial charge is 0.323 e. The van der Waals surface area contributed by atoms with E-state index in [0.717, 1.165) is 73.1 Å². The van der Waals surface area contributed by atoms with Gasteiger partial charge in [-0.25, -0.2) is 9.59 Å². The zero-order valence-corrected chi connectivity index (χ0v) is 27.7. The molecule has 12 heteroatoms. The van der Waals surface area contributed by atoms with E-state index in [2.05, 4.69) is 22.0 Å². The van der Waals surface area contributed by atoms with E-state index in [0.29, 0.717) is 55.5 Å². The van der Waals surface area contributed by atoms with Crippen LogP contribution in [0, 0.1) is 11.8 Å². The normalized spacial score (nSPS) is 20.9. The number of likely N-dealkylation sites (tertiary alicyclic amines) is 2. The van der Waals surface area contributed by atoms with E-state index in [1.807, 2.05) is 34.2 Å². The number of fused-ring (bicyclic) bond motifs is 1. The number of halogens is 1. The first-order valence-corrected chi connectivity index (χ1v) is 17.8. The Morgan fingerprint density at radius 3 is 2.44 bits per heavy atom. The van der Waals surface area contributed by atoms with Crippen LogP contribution in [0.2, 0.25) is 5.02 Å². The molecule has 2 aromatic rings. The van der Waals surface area contributed by atoms with Crippen molar-refractivity contribution in [1.29, 1.82) is 0 Å². The molecule has 244 valence electrons. The van der Waals surface area contributed by atoms with Gasteiger partial charge >= 0.3 is 12.1 Å². The molecular formula is C33H46ClN7O3S. The van der Waals surface area contributed by atoms with Crippen molar-refractivity contribution >= 4 is 51.6 Å². The monoisotopic (exact) mass is 655 g/mol. The minimum atomic E-state index is -0.708. The number of urea groups is 2. The molecule has 0 spiro atoms. The molecule has 0 bridgehead atoms. The van der Waals surface area contributed by atoms with Crippen LogP contribution in [-0.2, 0) is 24.2 Å². The Hall–Kier alpha value is -3.02. The Labute approximate surface area is 275 Å². The number of nitrogen functional groups attached to an aromatic ring is 1. The number of nitrogens with two attached hydrogens (primary N) is 1. The van der Waals surface area contributed by atoms with Crippen LogP contribution in [0.1, 0.15) is 62.1 Å². The third-order valence-corrected chi connectivity index (χ3v) is 11.5. The number of thiophene rings is 1. The zero-order chi connectivity index (χ0) is 31.5. The van der Waals surface area contributed by atoms with Crippen LogP contribution in [-0.4, -0.2) is 84.0 Å². The fraction of sp³-hybridized carbons (Fsp3) is 0.606. The molecule has 3 saturated heterocycles. The number of amides is 5. The topological polar surface area (TPSA) is 123 Å². The van der Waals surface area contributed by atoms with E-state index in [1.165, 1.54) is 12.8 Å². The van der Waals surface area contributed by atoms with Crippen molar-refractivity contribution in [1.82, 2.24) is 25.3 Å². The first-order chi connectivity index (χ1) is 21.8. The summed E-state index contributed by atoms with van der Waals surface area (Å²) in [7, 11) is 0. The highest BCUT2D eigenvalue weighted by Crippen LogP contribution is 2.33. The highest BCUT2D eigenvalue weighted by molar-refractivity contribution is 7.14. The molecule has 10 nitrogen and oxygen atoms in total. The molecule has 45 heavy (non-hydrogen) atoms. The third-order valence-electron chi connectivity index (χ3n) is 10.4. The van der Waals surface area contributed by atoms with Crippen molar-refractivity contribution in [3.8, 4) is 0 Å². The summed E-state index contributed by atoms with van der Waals surface area (Å²) in [5, 5.41) is 13.0. The maximum absolute atomic E-state index is 14.1. The summed E-state index contributed by atoms with van der Waals surface area (Å²) in [6.45, 7) is 7.27. The van der Waals surface area contributed by atoms with E-state index in [4.69, 9.17) is 17.3 Å². The average Bonchev–Trinajstić information content (AvgIpc) is 3.53. The number of anilines is 2. The molecule has 0 saturated carbocycles. The predicted octanol–water partition coefficient (Wildman–Crippen LogP) is 4.92. The number of piperidine rings is 3. The van der Waals surface area contributed by atoms with Crippen molar-refractivity contribution in [3.05, 3.63) is 45.3 Å². The highest BCUT2D eigenvalue weighted by Gasteiger charge is 2.36. The van der Waals surface area contributed by atoms with Crippen molar-refractivity contribution in [2.45, 2.75) is 76.9 Å². The third kappa shape index (κ3) is 7.20. The second-order valence-corrected chi connectivity index (χ2v) is 14.3. The van der Waals surface area contributed by atoms with Crippen molar-refractivity contribution in [2.24, 2.45) is 11.8 Å². The van der Waals surface area contributed by atoms with Gasteiger partial charge in [-0.05, 0) is 98.5 Å². The average molecular weight is 656 g/mol. The van der Waals surface area contributed by atoms with E-state index in [-0.39, 0.29) is 24.0 Å². The maximum atomic E-state index is 14.1. The Morgan fingerprint density at radius 1 is 1.04 bits per heavy atom. The summed E-state index contributed by atoms with van der Waals surface area (Å²) in [5.74, 6) is 1.35. The van der Waals surface area contributed by atoms with Crippen LogP contribution in [0.25, 0.3) is 0 Å². The van der Waals surface area contributed by atoms with Gasteiger partial charge in [0.2, 0.25) is 5.91 Å². The number of hydrogen-bond donors (Lipinski definition) is 4. The first-order valence-electron chi connectivity index (χ1n) is 16.6. The molecule has 4 aliphatic heterocycles. The van der Waals surface area contributed by atoms with Crippen LogP contribution >= 0.6 is 22.9 Å². The summed E-state index contributed by atoms with van der Waals surface area (Å²) in [5.41, 5.74) is 9.72. The molecule has 1 aromatic carbocycles. The quantitative estimate of drug-likeness (QED) is 0.316. The van der Waals surface area contributed by atoms with Gasteiger partial charge in [-0.2, -0.15) is 0 Å². The summed E-state index contributed by atoms with van der Waals surface area (Å²) in [6.07, 6.45) is 6.90. The molecular weight excluding hydrogens is 610 g/mol. The molecule has 5 amide bonds. The van der Waals surface area contributed by atoms with Gasteiger partial charge in [0.1, 0.15) is 11.0 Å².